The Kier molecular flexibility index (Phi) is 4.81. The lowest BCUT2D eigenvalue weighted by molar-refractivity contribution is -0.124. The smallest absolute Gasteiger partial charge is 0.255 e. The lowest BCUT2D eigenvalue weighted by atomic mass is 10.1. The van der Waals surface area contributed by atoms with Crippen molar-refractivity contribution >= 4 is 11.8 Å². The highest BCUT2D eigenvalue weighted by Crippen LogP contribution is 2.27. The van der Waals surface area contributed by atoms with E-state index in [-0.39, 0.29) is 18.2 Å². The molecule has 2 N–H and O–H groups in total. The molecule has 1 aromatic rings. The Hall–Kier alpha value is -2.50. The topological polar surface area (TPSA) is 76.7 Å². The van der Waals surface area contributed by atoms with Gasteiger partial charge in [0.15, 0.2) is 11.5 Å². The fraction of sp³-hybridized carbons (Fsp3) is 0.333. The summed E-state index contributed by atoms with van der Waals surface area (Å²) >= 11 is 0. The van der Waals surface area contributed by atoms with Gasteiger partial charge in [-0.25, -0.2) is 0 Å². The Labute approximate surface area is 123 Å². The molecule has 0 saturated carbocycles. The minimum absolute atomic E-state index is 0.141. The van der Waals surface area contributed by atoms with Crippen LogP contribution in [0, 0.1) is 0 Å². The molecule has 1 aliphatic heterocycles. The summed E-state index contributed by atoms with van der Waals surface area (Å²) in [4.78, 5) is 22.4. The monoisotopic (exact) mass is 290 g/mol. The van der Waals surface area contributed by atoms with Crippen LogP contribution in [-0.2, 0) is 16.0 Å². The van der Waals surface area contributed by atoms with Crippen LogP contribution >= 0.6 is 0 Å². The summed E-state index contributed by atoms with van der Waals surface area (Å²) < 4.78 is 10.4. The number of amides is 2. The molecule has 2 amide bonds. The summed E-state index contributed by atoms with van der Waals surface area (Å²) in [5, 5.41) is 5.28. The molecule has 0 radical (unpaired) electrons. The fourth-order valence-electron chi connectivity index (χ4n) is 2.07. The molecule has 112 valence electrons. The van der Waals surface area contributed by atoms with Crippen LogP contribution in [0.5, 0.6) is 11.5 Å². The van der Waals surface area contributed by atoms with Crippen molar-refractivity contribution in [3.05, 3.63) is 35.5 Å². The maximum Gasteiger partial charge on any atom is 0.255 e. The quantitative estimate of drug-likeness (QED) is 0.460. The van der Waals surface area contributed by atoms with Gasteiger partial charge in [-0.1, -0.05) is 6.07 Å². The van der Waals surface area contributed by atoms with Gasteiger partial charge in [-0.2, -0.15) is 0 Å². The Balaban J connectivity index is 1.88. The van der Waals surface area contributed by atoms with Crippen LogP contribution in [0.4, 0.5) is 0 Å². The molecule has 6 heteroatoms. The number of benzene rings is 1. The first kappa shape index (κ1) is 14.9. The first-order chi connectivity index (χ1) is 10.1. The maximum absolute atomic E-state index is 11.3. The highest BCUT2D eigenvalue weighted by molar-refractivity contribution is 6.13. The molecule has 6 nitrogen and oxygen atoms in total. The molecule has 1 saturated heterocycles. The molecular formula is C15H18N2O4. The zero-order valence-corrected chi connectivity index (χ0v) is 12.1. The van der Waals surface area contributed by atoms with E-state index in [9.17, 15) is 9.59 Å². The van der Waals surface area contributed by atoms with Gasteiger partial charge in [0, 0.05) is 18.3 Å². The van der Waals surface area contributed by atoms with Crippen LogP contribution in [0.25, 0.3) is 0 Å². The number of methoxy groups -OCH3 is 2. The molecule has 1 aliphatic rings. The lowest BCUT2D eigenvalue weighted by Crippen LogP contribution is -2.20. The van der Waals surface area contributed by atoms with Crippen LogP contribution in [-0.4, -0.2) is 32.6 Å². The van der Waals surface area contributed by atoms with E-state index in [1.54, 1.807) is 20.4 Å². The van der Waals surface area contributed by atoms with Crippen molar-refractivity contribution in [3.63, 3.8) is 0 Å². The third kappa shape index (κ3) is 3.75. The Morgan fingerprint density at radius 3 is 2.62 bits per heavy atom. The molecule has 0 spiro atoms. The van der Waals surface area contributed by atoms with Crippen LogP contribution in [0.1, 0.15) is 12.0 Å². The van der Waals surface area contributed by atoms with Crippen LogP contribution in [0.3, 0.4) is 0 Å². The van der Waals surface area contributed by atoms with Gasteiger partial charge in [0.05, 0.1) is 20.6 Å². The number of carbonyl (C=O) groups is 2. The zero-order chi connectivity index (χ0) is 15.2. The van der Waals surface area contributed by atoms with Gasteiger partial charge < -0.3 is 14.8 Å². The first-order valence-corrected chi connectivity index (χ1v) is 6.61. The zero-order valence-electron chi connectivity index (χ0n) is 12.1. The predicted octanol–water partition coefficient (Wildman–Crippen LogP) is 0.766. The number of ether oxygens (including phenoxy) is 2. The predicted molar refractivity (Wildman–Crippen MR) is 77.1 cm³/mol. The summed E-state index contributed by atoms with van der Waals surface area (Å²) in [6.07, 6.45) is 2.50. The Morgan fingerprint density at radius 2 is 2.00 bits per heavy atom. The third-order valence-electron chi connectivity index (χ3n) is 3.18. The molecule has 21 heavy (non-hydrogen) atoms. The fourth-order valence-corrected chi connectivity index (χ4v) is 2.07. The Morgan fingerprint density at radius 1 is 1.24 bits per heavy atom. The van der Waals surface area contributed by atoms with Crippen molar-refractivity contribution in [1.82, 2.24) is 10.6 Å². The Bertz CT molecular complexity index is 581. The van der Waals surface area contributed by atoms with Gasteiger partial charge >= 0.3 is 0 Å². The van der Waals surface area contributed by atoms with E-state index in [4.69, 9.17) is 9.47 Å². The van der Waals surface area contributed by atoms with Crippen molar-refractivity contribution < 1.29 is 19.1 Å². The standard InChI is InChI=1S/C15H18N2O4/c1-20-12-4-3-10(7-13(12)21-2)5-6-16-9-11-8-14(18)17-15(11)19/h3-4,7,9,16H,5-6,8H2,1-2H3,(H,17,18,19)/b11-9+. The van der Waals surface area contributed by atoms with Crippen LogP contribution in [0.2, 0.25) is 0 Å². The third-order valence-corrected chi connectivity index (χ3v) is 3.18. The van der Waals surface area contributed by atoms with E-state index in [2.05, 4.69) is 10.6 Å². The van der Waals surface area contributed by atoms with Gasteiger partial charge in [-0.05, 0) is 24.1 Å². The number of carbonyl (C=O) groups excluding carboxylic acids is 2. The summed E-state index contributed by atoms with van der Waals surface area (Å²) in [5.41, 5.74) is 1.55. The normalized spacial score (nSPS) is 16.0. The maximum atomic E-state index is 11.3. The van der Waals surface area contributed by atoms with Crippen molar-refractivity contribution in [3.8, 4) is 11.5 Å². The number of imide groups is 1. The van der Waals surface area contributed by atoms with Crippen molar-refractivity contribution in [2.24, 2.45) is 0 Å². The SMILES string of the molecule is COc1ccc(CCN/C=C2\CC(=O)NC2=O)cc1OC. The van der Waals surface area contributed by atoms with Gasteiger partial charge in [-0.15, -0.1) is 0 Å². The average Bonchev–Trinajstić information content (AvgIpc) is 2.81. The van der Waals surface area contributed by atoms with Crippen molar-refractivity contribution in [2.75, 3.05) is 20.8 Å². The highest BCUT2D eigenvalue weighted by Gasteiger charge is 2.23. The van der Waals surface area contributed by atoms with Gasteiger partial charge in [-0.3, -0.25) is 14.9 Å². The van der Waals surface area contributed by atoms with Crippen molar-refractivity contribution in [2.45, 2.75) is 12.8 Å². The summed E-state index contributed by atoms with van der Waals surface area (Å²) in [7, 11) is 3.19. The second kappa shape index (κ2) is 6.78. The number of hydrogen-bond donors (Lipinski definition) is 2. The summed E-state index contributed by atoms with van der Waals surface area (Å²) in [6, 6.07) is 5.73. The molecule has 0 bridgehead atoms. The average molecular weight is 290 g/mol. The van der Waals surface area contributed by atoms with Gasteiger partial charge in [0.2, 0.25) is 5.91 Å². The van der Waals surface area contributed by atoms with E-state index in [1.165, 1.54) is 0 Å². The molecule has 1 heterocycles. The molecular weight excluding hydrogens is 272 g/mol. The van der Waals surface area contributed by atoms with E-state index >= 15 is 0 Å². The molecule has 0 aromatic heterocycles. The highest BCUT2D eigenvalue weighted by atomic mass is 16.5. The molecule has 1 fully saturated rings. The van der Waals surface area contributed by atoms with E-state index in [0.29, 0.717) is 23.6 Å². The molecule has 0 atom stereocenters. The second-order valence-corrected chi connectivity index (χ2v) is 4.62. The number of nitrogens with one attached hydrogen (secondary N) is 2. The molecule has 0 unspecified atom stereocenters. The van der Waals surface area contributed by atoms with E-state index in [0.717, 1.165) is 12.0 Å². The summed E-state index contributed by atoms with van der Waals surface area (Å²) in [5.74, 6) is 0.804. The minimum atomic E-state index is -0.321. The largest absolute Gasteiger partial charge is 0.493 e. The van der Waals surface area contributed by atoms with E-state index < -0.39 is 0 Å². The lowest BCUT2D eigenvalue weighted by Gasteiger charge is -2.09. The molecule has 0 aliphatic carbocycles. The molecule has 2 rings (SSSR count). The number of hydrogen-bond acceptors (Lipinski definition) is 5. The van der Waals surface area contributed by atoms with Crippen molar-refractivity contribution in [1.29, 1.82) is 0 Å². The first-order valence-electron chi connectivity index (χ1n) is 6.61. The number of rotatable bonds is 6. The van der Waals surface area contributed by atoms with Gasteiger partial charge in [0.1, 0.15) is 0 Å². The second-order valence-electron chi connectivity index (χ2n) is 4.62. The van der Waals surface area contributed by atoms with E-state index in [1.807, 2.05) is 18.2 Å². The molecule has 1 aromatic carbocycles. The summed E-state index contributed by atoms with van der Waals surface area (Å²) in [6.45, 7) is 0.653. The van der Waals surface area contributed by atoms with Gasteiger partial charge in [0.25, 0.3) is 5.91 Å². The minimum Gasteiger partial charge on any atom is -0.493 e. The van der Waals surface area contributed by atoms with Crippen LogP contribution in [0.15, 0.2) is 30.0 Å². The van der Waals surface area contributed by atoms with Crippen LogP contribution < -0.4 is 20.1 Å².